The molecule has 2 rings (SSSR count). The van der Waals surface area contributed by atoms with Crippen molar-refractivity contribution in [2.75, 3.05) is 12.3 Å². The summed E-state index contributed by atoms with van der Waals surface area (Å²) < 4.78 is 15.4. The summed E-state index contributed by atoms with van der Waals surface area (Å²) in [5.41, 5.74) is 6.15. The molecule has 0 amide bonds. The summed E-state index contributed by atoms with van der Waals surface area (Å²) in [5.74, 6) is 0.853. The fourth-order valence-electron chi connectivity index (χ4n) is 2.43. The van der Waals surface area contributed by atoms with Gasteiger partial charge in [0.15, 0.2) is 0 Å². The number of nitro benzene ring substituents is 1. The number of benzene rings is 2. The fourth-order valence-corrected chi connectivity index (χ4v) is 2.54. The third-order valence-corrected chi connectivity index (χ3v) is 4.42. The smallest absolute Gasteiger partial charge is 0.427 e. The van der Waals surface area contributed by atoms with E-state index in [1.165, 1.54) is 24.3 Å². The standard InChI is InChI=1S/C20H22N2O7.C3H6OS.C2H6/c1-2-3-4-19(23)27-16-9-5-14(6-10-16)18(13-21)29-20(24)28-17-11-7-15(8-12-17)22(25)26;4-2-1-3-5;1-2/h5-12,18H,2-4,13,21H2,1H3;2,5H,1,3H2;1-2H3. The molecule has 11 heteroatoms. The van der Waals surface area contributed by atoms with Crippen LogP contribution in [0.4, 0.5) is 10.5 Å². The lowest BCUT2D eigenvalue weighted by Gasteiger charge is -2.16. The van der Waals surface area contributed by atoms with Gasteiger partial charge < -0.3 is 24.7 Å². The third kappa shape index (κ3) is 13.4. The number of non-ortho nitro benzene ring substituents is 1. The van der Waals surface area contributed by atoms with E-state index in [0.29, 0.717) is 29.9 Å². The zero-order valence-corrected chi connectivity index (χ0v) is 21.6. The molecule has 10 nitrogen and oxygen atoms in total. The van der Waals surface area contributed by atoms with Gasteiger partial charge >= 0.3 is 12.1 Å². The van der Waals surface area contributed by atoms with Gasteiger partial charge in [-0.2, -0.15) is 12.6 Å². The van der Waals surface area contributed by atoms with E-state index in [4.69, 9.17) is 19.9 Å². The predicted octanol–water partition coefficient (Wildman–Crippen LogP) is 5.44. The van der Waals surface area contributed by atoms with Gasteiger partial charge in [-0.15, -0.1) is 0 Å². The third-order valence-electron chi connectivity index (χ3n) is 4.17. The van der Waals surface area contributed by atoms with Gasteiger partial charge in [-0.05, 0) is 42.0 Å². The highest BCUT2D eigenvalue weighted by Crippen LogP contribution is 2.23. The highest BCUT2D eigenvalue weighted by Gasteiger charge is 2.18. The van der Waals surface area contributed by atoms with Crippen molar-refractivity contribution in [3.8, 4) is 11.5 Å². The van der Waals surface area contributed by atoms with Crippen molar-refractivity contribution in [2.45, 2.75) is 52.6 Å². The number of carbonyl (C=O) groups is 3. The summed E-state index contributed by atoms with van der Waals surface area (Å²) in [7, 11) is 0. The fraction of sp³-hybridized carbons (Fsp3) is 0.400. The molecule has 0 saturated heterocycles. The van der Waals surface area contributed by atoms with Gasteiger partial charge in [0.1, 0.15) is 23.9 Å². The van der Waals surface area contributed by atoms with E-state index in [2.05, 4.69) is 12.6 Å². The molecular formula is C25H34N2O8S. The first-order chi connectivity index (χ1) is 17.3. The average Bonchev–Trinajstić information content (AvgIpc) is 2.89. The number of rotatable bonds is 11. The van der Waals surface area contributed by atoms with Crippen LogP contribution in [0.25, 0.3) is 0 Å². The summed E-state index contributed by atoms with van der Waals surface area (Å²) >= 11 is 3.77. The van der Waals surface area contributed by atoms with Gasteiger partial charge in [-0.1, -0.05) is 39.3 Å². The maximum absolute atomic E-state index is 12.0. The van der Waals surface area contributed by atoms with Gasteiger partial charge in [0, 0.05) is 31.5 Å². The van der Waals surface area contributed by atoms with Gasteiger partial charge in [-0.3, -0.25) is 14.9 Å². The molecule has 0 aromatic heterocycles. The van der Waals surface area contributed by atoms with Crippen molar-refractivity contribution in [3.05, 3.63) is 64.2 Å². The van der Waals surface area contributed by atoms with Crippen molar-refractivity contribution < 1.29 is 33.5 Å². The molecule has 0 aliphatic carbocycles. The van der Waals surface area contributed by atoms with Crippen LogP contribution >= 0.6 is 12.6 Å². The molecule has 1 atom stereocenters. The van der Waals surface area contributed by atoms with E-state index < -0.39 is 17.2 Å². The second kappa shape index (κ2) is 19.8. The number of aldehydes is 1. The Morgan fingerprint density at radius 3 is 2.06 bits per heavy atom. The second-order valence-corrected chi connectivity index (χ2v) is 7.22. The quantitative estimate of drug-likeness (QED) is 0.0748. The number of esters is 1. The van der Waals surface area contributed by atoms with Crippen LogP contribution in [0.1, 0.15) is 58.1 Å². The zero-order valence-electron chi connectivity index (χ0n) is 20.8. The zero-order chi connectivity index (χ0) is 27.3. The molecular weight excluding hydrogens is 488 g/mol. The van der Waals surface area contributed by atoms with E-state index in [9.17, 15) is 24.5 Å². The minimum absolute atomic E-state index is 0.00496. The van der Waals surface area contributed by atoms with Crippen LogP contribution in [0.5, 0.6) is 11.5 Å². The van der Waals surface area contributed by atoms with Crippen molar-refractivity contribution in [3.63, 3.8) is 0 Å². The first-order valence-electron chi connectivity index (χ1n) is 11.5. The molecule has 0 heterocycles. The lowest BCUT2D eigenvalue weighted by molar-refractivity contribution is -0.384. The number of carbonyl (C=O) groups excluding carboxylic acids is 3. The molecule has 2 aromatic rings. The molecule has 0 fully saturated rings. The van der Waals surface area contributed by atoms with Gasteiger partial charge in [0.25, 0.3) is 5.69 Å². The number of unbranched alkanes of at least 4 members (excludes halogenated alkanes) is 1. The topological polar surface area (TPSA) is 148 Å². The normalized spacial score (nSPS) is 10.4. The number of nitro groups is 1. The van der Waals surface area contributed by atoms with Crippen LogP contribution in [-0.2, 0) is 14.3 Å². The van der Waals surface area contributed by atoms with Crippen molar-refractivity contribution >= 4 is 36.7 Å². The van der Waals surface area contributed by atoms with Crippen LogP contribution < -0.4 is 15.2 Å². The number of hydrogen-bond acceptors (Lipinski definition) is 10. The minimum Gasteiger partial charge on any atom is -0.427 e. The summed E-state index contributed by atoms with van der Waals surface area (Å²) in [6.07, 6.45) is 1.67. The predicted molar refractivity (Wildman–Crippen MR) is 139 cm³/mol. The molecule has 0 spiro atoms. The Labute approximate surface area is 216 Å². The Kier molecular flexibility index (Phi) is 17.9. The van der Waals surface area contributed by atoms with Crippen LogP contribution in [0.15, 0.2) is 48.5 Å². The number of nitrogens with zero attached hydrogens (tertiary/aromatic N) is 1. The first-order valence-corrected chi connectivity index (χ1v) is 12.2. The monoisotopic (exact) mass is 522 g/mol. The van der Waals surface area contributed by atoms with Gasteiger partial charge in [0.05, 0.1) is 4.92 Å². The Balaban J connectivity index is 0.00000156. The Morgan fingerprint density at radius 2 is 1.61 bits per heavy atom. The van der Waals surface area contributed by atoms with E-state index in [-0.39, 0.29) is 24.0 Å². The molecule has 0 saturated carbocycles. The van der Waals surface area contributed by atoms with Crippen molar-refractivity contribution in [2.24, 2.45) is 5.73 Å². The molecule has 198 valence electrons. The average molecular weight is 523 g/mol. The SMILES string of the molecule is CC.CCCCC(=O)Oc1ccc(C(CN)OC(=O)Oc2ccc([N+](=O)[O-])cc2)cc1.O=CCCS. The molecule has 1 unspecified atom stereocenters. The summed E-state index contributed by atoms with van der Waals surface area (Å²) in [4.78, 5) is 43.1. The van der Waals surface area contributed by atoms with Crippen LogP contribution in [0.2, 0.25) is 0 Å². The molecule has 2 N–H and O–H groups in total. The van der Waals surface area contributed by atoms with Crippen LogP contribution in [-0.4, -0.2) is 35.6 Å². The molecule has 0 bridgehead atoms. The van der Waals surface area contributed by atoms with Crippen molar-refractivity contribution in [1.82, 2.24) is 0 Å². The van der Waals surface area contributed by atoms with E-state index >= 15 is 0 Å². The number of thiol groups is 1. The summed E-state index contributed by atoms with van der Waals surface area (Å²) in [5, 5.41) is 10.6. The summed E-state index contributed by atoms with van der Waals surface area (Å²) in [6, 6.07) is 11.5. The highest BCUT2D eigenvalue weighted by atomic mass is 32.1. The van der Waals surface area contributed by atoms with E-state index in [1.54, 1.807) is 24.3 Å². The largest absolute Gasteiger partial charge is 0.514 e. The Bertz CT molecular complexity index is 921. The molecule has 0 radical (unpaired) electrons. The van der Waals surface area contributed by atoms with Crippen LogP contribution in [0.3, 0.4) is 0 Å². The molecule has 0 aliphatic rings. The van der Waals surface area contributed by atoms with Crippen LogP contribution in [0, 0.1) is 10.1 Å². The lowest BCUT2D eigenvalue weighted by atomic mass is 10.1. The molecule has 2 aromatic carbocycles. The Hall–Kier alpha value is -3.44. The van der Waals surface area contributed by atoms with E-state index in [0.717, 1.165) is 19.1 Å². The molecule has 0 aliphatic heterocycles. The number of nitrogens with two attached hydrogens (primary N) is 1. The second-order valence-electron chi connectivity index (χ2n) is 6.77. The Morgan fingerprint density at radius 1 is 1.06 bits per heavy atom. The van der Waals surface area contributed by atoms with Crippen molar-refractivity contribution in [1.29, 1.82) is 0 Å². The maximum Gasteiger partial charge on any atom is 0.514 e. The minimum atomic E-state index is -0.996. The molecule has 36 heavy (non-hydrogen) atoms. The maximum atomic E-state index is 12.0. The summed E-state index contributed by atoms with van der Waals surface area (Å²) in [6.45, 7) is 5.99. The highest BCUT2D eigenvalue weighted by molar-refractivity contribution is 7.80. The lowest BCUT2D eigenvalue weighted by Crippen LogP contribution is -2.21. The first kappa shape index (κ1) is 32.6. The van der Waals surface area contributed by atoms with Gasteiger partial charge in [0.2, 0.25) is 0 Å². The number of hydrogen-bond donors (Lipinski definition) is 2. The van der Waals surface area contributed by atoms with Gasteiger partial charge in [-0.25, -0.2) is 4.79 Å². The van der Waals surface area contributed by atoms with E-state index in [1.807, 2.05) is 20.8 Å². The number of ether oxygens (including phenoxy) is 3.